The van der Waals surface area contributed by atoms with E-state index in [1.165, 1.54) is 30.4 Å². The highest BCUT2D eigenvalue weighted by Crippen LogP contribution is 2.28. The average molecular weight is 237 g/mol. The van der Waals surface area contributed by atoms with E-state index in [2.05, 4.69) is 53.8 Å². The second-order valence-corrected chi connectivity index (χ2v) is 5.01. The Labute approximate surface area is 109 Å². The molecule has 2 aromatic rings. The van der Waals surface area contributed by atoms with E-state index in [9.17, 15) is 0 Å². The Bertz CT molecular complexity index is 531. The van der Waals surface area contributed by atoms with Crippen molar-refractivity contribution in [1.82, 2.24) is 5.32 Å². The van der Waals surface area contributed by atoms with Gasteiger partial charge in [-0.2, -0.15) is 0 Å². The van der Waals surface area contributed by atoms with Crippen LogP contribution < -0.4 is 5.32 Å². The fourth-order valence-corrected chi connectivity index (χ4v) is 2.94. The van der Waals surface area contributed by atoms with E-state index in [0.717, 1.165) is 0 Å². The van der Waals surface area contributed by atoms with Gasteiger partial charge >= 0.3 is 0 Å². The predicted octanol–water partition coefficient (Wildman–Crippen LogP) is 3.48. The van der Waals surface area contributed by atoms with Crippen LogP contribution in [0.15, 0.2) is 48.5 Å². The van der Waals surface area contributed by atoms with Crippen LogP contribution >= 0.6 is 0 Å². The maximum atomic E-state index is 3.43. The highest BCUT2D eigenvalue weighted by atomic mass is 14.9. The molecule has 1 unspecified atom stereocenters. The van der Waals surface area contributed by atoms with Crippen molar-refractivity contribution in [3.63, 3.8) is 0 Å². The van der Waals surface area contributed by atoms with Gasteiger partial charge in [0.15, 0.2) is 0 Å². The van der Waals surface area contributed by atoms with Crippen molar-refractivity contribution in [3.05, 3.63) is 70.8 Å². The van der Waals surface area contributed by atoms with Gasteiger partial charge in [-0.3, -0.25) is 0 Å². The minimum Gasteiger partial charge on any atom is -0.309 e. The van der Waals surface area contributed by atoms with Gasteiger partial charge in [0.05, 0.1) is 6.04 Å². The van der Waals surface area contributed by atoms with Gasteiger partial charge in [0.2, 0.25) is 0 Å². The summed E-state index contributed by atoms with van der Waals surface area (Å²) in [5.41, 5.74) is 5.80. The van der Waals surface area contributed by atoms with E-state index in [1.54, 1.807) is 11.1 Å². The van der Waals surface area contributed by atoms with Crippen molar-refractivity contribution in [2.75, 3.05) is 7.05 Å². The molecule has 0 saturated carbocycles. The van der Waals surface area contributed by atoms with Gasteiger partial charge in [-0.15, -0.1) is 0 Å². The normalized spacial score (nSPS) is 15.4. The van der Waals surface area contributed by atoms with Crippen LogP contribution in [-0.2, 0) is 12.8 Å². The van der Waals surface area contributed by atoms with Crippen LogP contribution in [0.3, 0.4) is 0 Å². The van der Waals surface area contributed by atoms with Crippen LogP contribution in [0.4, 0.5) is 0 Å². The number of benzene rings is 2. The molecule has 1 heteroatoms. The highest BCUT2D eigenvalue weighted by molar-refractivity contribution is 5.40. The van der Waals surface area contributed by atoms with Gasteiger partial charge in [-0.25, -0.2) is 0 Å². The first kappa shape index (κ1) is 11.5. The Balaban J connectivity index is 1.97. The van der Waals surface area contributed by atoms with Crippen LogP contribution in [0.5, 0.6) is 0 Å². The lowest BCUT2D eigenvalue weighted by Gasteiger charge is -2.18. The van der Waals surface area contributed by atoms with Crippen molar-refractivity contribution in [2.24, 2.45) is 0 Å². The quantitative estimate of drug-likeness (QED) is 0.861. The average Bonchev–Trinajstić information content (AvgIpc) is 2.88. The lowest BCUT2D eigenvalue weighted by Crippen LogP contribution is -2.17. The molecular weight excluding hydrogens is 218 g/mol. The van der Waals surface area contributed by atoms with E-state index in [-0.39, 0.29) is 0 Å². The lowest BCUT2D eigenvalue weighted by molar-refractivity contribution is 0.691. The SMILES string of the molecule is CNC(c1ccccc1)c1ccc2c(c1)CCC2. The van der Waals surface area contributed by atoms with Crippen molar-refractivity contribution in [3.8, 4) is 0 Å². The minimum atomic E-state index is 0.303. The zero-order valence-electron chi connectivity index (χ0n) is 10.8. The van der Waals surface area contributed by atoms with E-state index < -0.39 is 0 Å². The van der Waals surface area contributed by atoms with Crippen LogP contribution in [0.2, 0.25) is 0 Å². The largest absolute Gasteiger partial charge is 0.309 e. The molecule has 92 valence electrons. The van der Waals surface area contributed by atoms with Gasteiger partial charge < -0.3 is 5.32 Å². The molecule has 0 aliphatic heterocycles. The molecule has 0 aromatic heterocycles. The Morgan fingerprint density at radius 2 is 1.67 bits per heavy atom. The fourth-order valence-electron chi connectivity index (χ4n) is 2.94. The Kier molecular flexibility index (Phi) is 3.16. The topological polar surface area (TPSA) is 12.0 Å². The smallest absolute Gasteiger partial charge is 0.0574 e. The summed E-state index contributed by atoms with van der Waals surface area (Å²) in [7, 11) is 2.03. The maximum Gasteiger partial charge on any atom is 0.0574 e. The summed E-state index contributed by atoms with van der Waals surface area (Å²) < 4.78 is 0. The van der Waals surface area contributed by atoms with Crippen LogP contribution in [-0.4, -0.2) is 7.05 Å². The summed E-state index contributed by atoms with van der Waals surface area (Å²) in [4.78, 5) is 0. The van der Waals surface area contributed by atoms with E-state index in [4.69, 9.17) is 0 Å². The van der Waals surface area contributed by atoms with Crippen molar-refractivity contribution in [1.29, 1.82) is 0 Å². The number of rotatable bonds is 3. The number of hydrogen-bond acceptors (Lipinski definition) is 1. The second kappa shape index (κ2) is 4.95. The fraction of sp³-hybridized carbons (Fsp3) is 0.294. The zero-order valence-corrected chi connectivity index (χ0v) is 10.8. The maximum absolute atomic E-state index is 3.43. The standard InChI is InChI=1S/C17H19N/c1-18-17(14-6-3-2-4-7-14)16-11-10-13-8-5-9-15(13)12-16/h2-4,6-7,10-12,17-18H,5,8-9H2,1H3. The Morgan fingerprint density at radius 1 is 0.889 bits per heavy atom. The van der Waals surface area contributed by atoms with Crippen LogP contribution in [0.1, 0.15) is 34.7 Å². The van der Waals surface area contributed by atoms with E-state index in [0.29, 0.717) is 6.04 Å². The zero-order chi connectivity index (χ0) is 12.4. The molecule has 0 heterocycles. The molecule has 0 fully saturated rings. The molecule has 1 aliphatic rings. The molecule has 0 amide bonds. The highest BCUT2D eigenvalue weighted by Gasteiger charge is 2.16. The first-order valence-electron chi connectivity index (χ1n) is 6.72. The van der Waals surface area contributed by atoms with Crippen molar-refractivity contribution in [2.45, 2.75) is 25.3 Å². The second-order valence-electron chi connectivity index (χ2n) is 5.01. The third-order valence-corrected chi connectivity index (χ3v) is 3.88. The number of fused-ring (bicyclic) bond motifs is 1. The third kappa shape index (κ3) is 2.06. The number of nitrogens with one attached hydrogen (secondary N) is 1. The summed E-state index contributed by atoms with van der Waals surface area (Å²) in [6.07, 6.45) is 3.81. The molecule has 1 nitrogen and oxygen atoms in total. The Hall–Kier alpha value is -1.60. The molecule has 3 rings (SSSR count). The monoisotopic (exact) mass is 237 g/mol. The molecule has 18 heavy (non-hydrogen) atoms. The molecule has 1 atom stereocenters. The molecule has 1 aliphatic carbocycles. The Morgan fingerprint density at radius 3 is 2.44 bits per heavy atom. The lowest BCUT2D eigenvalue weighted by atomic mass is 9.96. The molecule has 0 saturated heterocycles. The van der Waals surface area contributed by atoms with Crippen molar-refractivity contribution >= 4 is 0 Å². The van der Waals surface area contributed by atoms with Gasteiger partial charge in [-0.1, -0.05) is 48.5 Å². The third-order valence-electron chi connectivity index (χ3n) is 3.88. The summed E-state index contributed by atoms with van der Waals surface area (Å²) in [6, 6.07) is 17.9. The molecule has 0 radical (unpaired) electrons. The van der Waals surface area contributed by atoms with Crippen LogP contribution in [0.25, 0.3) is 0 Å². The molecule has 0 spiro atoms. The van der Waals surface area contributed by atoms with Crippen molar-refractivity contribution < 1.29 is 0 Å². The van der Waals surface area contributed by atoms with Gasteiger partial charge in [0.25, 0.3) is 0 Å². The summed E-state index contributed by atoms with van der Waals surface area (Å²) in [5, 5.41) is 3.43. The number of hydrogen-bond donors (Lipinski definition) is 1. The number of aryl methyl sites for hydroxylation is 2. The van der Waals surface area contributed by atoms with Gasteiger partial charge in [-0.05, 0) is 48.6 Å². The minimum absolute atomic E-state index is 0.303. The first-order chi connectivity index (χ1) is 8.88. The van der Waals surface area contributed by atoms with E-state index >= 15 is 0 Å². The van der Waals surface area contributed by atoms with Gasteiger partial charge in [0.1, 0.15) is 0 Å². The van der Waals surface area contributed by atoms with E-state index in [1.807, 2.05) is 7.05 Å². The molecule has 1 N–H and O–H groups in total. The molecule has 2 aromatic carbocycles. The summed E-state index contributed by atoms with van der Waals surface area (Å²) in [5.74, 6) is 0. The summed E-state index contributed by atoms with van der Waals surface area (Å²) in [6.45, 7) is 0. The van der Waals surface area contributed by atoms with Gasteiger partial charge in [0, 0.05) is 0 Å². The first-order valence-corrected chi connectivity index (χ1v) is 6.72. The van der Waals surface area contributed by atoms with Crippen LogP contribution in [0, 0.1) is 0 Å². The molecular formula is C17H19N. The predicted molar refractivity (Wildman–Crippen MR) is 75.8 cm³/mol. The molecule has 0 bridgehead atoms. The summed E-state index contributed by atoms with van der Waals surface area (Å²) >= 11 is 0.